The van der Waals surface area contributed by atoms with Crippen LogP contribution in [0.1, 0.15) is 17.5 Å². The van der Waals surface area contributed by atoms with E-state index >= 15 is 0 Å². The van der Waals surface area contributed by atoms with Crippen molar-refractivity contribution in [2.24, 2.45) is 0 Å². The van der Waals surface area contributed by atoms with Crippen LogP contribution >= 0.6 is 0 Å². The van der Waals surface area contributed by atoms with Gasteiger partial charge < -0.3 is 4.90 Å². The summed E-state index contributed by atoms with van der Waals surface area (Å²) in [5.74, 6) is 0.0465. The maximum atomic E-state index is 13.4. The molecule has 2 aliphatic rings. The molecule has 0 aromatic heterocycles. The van der Waals surface area contributed by atoms with Crippen molar-refractivity contribution in [3.05, 3.63) is 100 Å². The van der Waals surface area contributed by atoms with Crippen molar-refractivity contribution in [1.29, 1.82) is 0 Å². The van der Waals surface area contributed by atoms with E-state index in [1.165, 1.54) is 17.7 Å². The van der Waals surface area contributed by atoms with Crippen LogP contribution in [0.25, 0.3) is 0 Å². The van der Waals surface area contributed by atoms with Gasteiger partial charge in [0.25, 0.3) is 11.6 Å². The molecule has 1 fully saturated rings. The predicted molar refractivity (Wildman–Crippen MR) is 119 cm³/mol. The molecule has 1 N–H and O–H groups in total. The zero-order valence-corrected chi connectivity index (χ0v) is 16.8. The molecule has 3 aromatic rings. The Morgan fingerprint density at radius 3 is 2.42 bits per heavy atom. The molecule has 0 aliphatic carbocycles. The monoisotopic (exact) mass is 414 g/mol. The molecule has 2 heterocycles. The third-order valence-corrected chi connectivity index (χ3v) is 6.02. The molecule has 0 radical (unpaired) electrons. The van der Waals surface area contributed by atoms with E-state index in [2.05, 4.69) is 22.5 Å². The van der Waals surface area contributed by atoms with Crippen LogP contribution in [0.2, 0.25) is 0 Å². The van der Waals surface area contributed by atoms with Crippen molar-refractivity contribution >= 4 is 23.0 Å². The van der Waals surface area contributed by atoms with Gasteiger partial charge in [0.15, 0.2) is 0 Å². The summed E-state index contributed by atoms with van der Waals surface area (Å²) >= 11 is 0. The van der Waals surface area contributed by atoms with E-state index in [4.69, 9.17) is 0 Å². The first-order valence-corrected chi connectivity index (χ1v) is 10.4. The molecule has 0 saturated carbocycles. The van der Waals surface area contributed by atoms with Crippen LogP contribution < -0.4 is 10.3 Å². The molecule has 1 amide bonds. The number of nitro groups is 1. The number of nitro benzene ring substituents is 1. The average Bonchev–Trinajstić information content (AvgIpc) is 3.06. The molecule has 1 unspecified atom stereocenters. The van der Waals surface area contributed by atoms with Gasteiger partial charge in [-0.15, -0.1) is 0 Å². The molecule has 5 rings (SSSR count). The molecule has 2 atom stereocenters. The van der Waals surface area contributed by atoms with E-state index in [0.717, 1.165) is 29.8 Å². The van der Waals surface area contributed by atoms with Crippen LogP contribution in [-0.2, 0) is 17.6 Å². The Labute approximate surface area is 180 Å². The van der Waals surface area contributed by atoms with Crippen LogP contribution in [-0.4, -0.2) is 28.0 Å². The van der Waals surface area contributed by atoms with Gasteiger partial charge in [-0.2, -0.15) is 0 Å². The molecule has 0 bridgehead atoms. The maximum Gasteiger partial charge on any atom is 0.269 e. The maximum absolute atomic E-state index is 13.4. The quantitative estimate of drug-likeness (QED) is 0.501. The lowest BCUT2D eigenvalue weighted by Crippen LogP contribution is -2.46. The van der Waals surface area contributed by atoms with Crippen molar-refractivity contribution in [2.75, 3.05) is 10.3 Å². The molecule has 2 aliphatic heterocycles. The zero-order chi connectivity index (χ0) is 21.4. The van der Waals surface area contributed by atoms with E-state index in [1.54, 1.807) is 17.1 Å². The average molecular weight is 414 g/mol. The van der Waals surface area contributed by atoms with Crippen LogP contribution in [0, 0.1) is 10.1 Å². The summed E-state index contributed by atoms with van der Waals surface area (Å²) in [6, 6.07) is 24.2. The summed E-state index contributed by atoms with van der Waals surface area (Å²) in [7, 11) is 0. The topological polar surface area (TPSA) is 78.7 Å². The molecule has 3 aromatic carbocycles. The molecular weight excluding hydrogens is 392 g/mol. The Morgan fingerprint density at radius 2 is 1.68 bits per heavy atom. The second-order valence-corrected chi connectivity index (χ2v) is 7.88. The van der Waals surface area contributed by atoms with Gasteiger partial charge in [0.2, 0.25) is 0 Å². The summed E-state index contributed by atoms with van der Waals surface area (Å²) in [6.45, 7) is 0. The second-order valence-electron chi connectivity index (χ2n) is 7.88. The number of rotatable bonds is 5. The molecule has 1 saturated heterocycles. The lowest BCUT2D eigenvalue weighted by molar-refractivity contribution is -0.384. The number of non-ortho nitro benzene ring substituents is 1. The van der Waals surface area contributed by atoms with E-state index < -0.39 is 4.92 Å². The van der Waals surface area contributed by atoms with E-state index in [0.29, 0.717) is 6.42 Å². The summed E-state index contributed by atoms with van der Waals surface area (Å²) < 4.78 is 0. The minimum atomic E-state index is -0.400. The number of hydrogen-bond acceptors (Lipinski definition) is 5. The number of nitrogens with one attached hydrogen (secondary N) is 1. The lowest BCUT2D eigenvalue weighted by Gasteiger charge is -2.37. The number of carbonyl (C=O) groups is 1. The Kier molecular flexibility index (Phi) is 4.78. The van der Waals surface area contributed by atoms with Gasteiger partial charge in [-0.3, -0.25) is 20.3 Å². The van der Waals surface area contributed by atoms with Gasteiger partial charge in [0.1, 0.15) is 12.2 Å². The number of hydrogen-bond donors (Lipinski definition) is 1. The molecule has 31 heavy (non-hydrogen) atoms. The number of fused-ring (bicyclic) bond motifs is 3. The summed E-state index contributed by atoms with van der Waals surface area (Å²) in [6.07, 6.45) is 1.93. The minimum Gasteiger partial charge on any atom is -0.337 e. The van der Waals surface area contributed by atoms with Crippen molar-refractivity contribution < 1.29 is 9.72 Å². The van der Waals surface area contributed by atoms with Gasteiger partial charge in [-0.25, -0.2) is 5.01 Å². The number of benzene rings is 3. The highest BCUT2D eigenvalue weighted by Crippen LogP contribution is 2.39. The molecule has 0 spiro atoms. The van der Waals surface area contributed by atoms with Gasteiger partial charge >= 0.3 is 0 Å². The first kappa shape index (κ1) is 19.1. The number of aryl methyl sites for hydroxylation is 1. The third-order valence-electron chi connectivity index (χ3n) is 6.02. The van der Waals surface area contributed by atoms with Crippen LogP contribution in [0.15, 0.2) is 78.9 Å². The Balaban J connectivity index is 1.52. The zero-order valence-electron chi connectivity index (χ0n) is 16.8. The van der Waals surface area contributed by atoms with E-state index in [-0.39, 0.29) is 23.8 Å². The SMILES string of the molecule is O=C1[C@H]2CCc3ccccc3N2C(Cc2ccc([N+](=O)[O-])cc2)N1Nc1ccccc1. The first-order valence-electron chi connectivity index (χ1n) is 10.4. The van der Waals surface area contributed by atoms with Crippen molar-refractivity contribution in [2.45, 2.75) is 31.5 Å². The van der Waals surface area contributed by atoms with Crippen LogP contribution in [0.5, 0.6) is 0 Å². The van der Waals surface area contributed by atoms with Crippen molar-refractivity contribution in [3.63, 3.8) is 0 Å². The molecule has 156 valence electrons. The fourth-order valence-electron chi connectivity index (χ4n) is 4.55. The van der Waals surface area contributed by atoms with Gasteiger partial charge in [-0.05, 0) is 42.2 Å². The first-order chi connectivity index (χ1) is 15.1. The smallest absolute Gasteiger partial charge is 0.269 e. The highest BCUT2D eigenvalue weighted by Gasteiger charge is 2.48. The summed E-state index contributed by atoms with van der Waals surface area (Å²) in [5.41, 5.74) is 7.47. The number of nitrogens with zero attached hydrogens (tertiary/aromatic N) is 3. The second kappa shape index (κ2) is 7.75. The minimum absolute atomic E-state index is 0.0465. The largest absolute Gasteiger partial charge is 0.337 e. The fraction of sp³-hybridized carbons (Fsp3) is 0.208. The number of amides is 1. The van der Waals surface area contributed by atoms with Crippen LogP contribution in [0.4, 0.5) is 17.1 Å². The molecule has 7 heteroatoms. The summed E-state index contributed by atoms with van der Waals surface area (Å²) in [5, 5.41) is 12.7. The number of carbonyl (C=O) groups excluding carboxylic acids is 1. The molecule has 7 nitrogen and oxygen atoms in total. The number of anilines is 2. The normalized spacial score (nSPS) is 19.7. The van der Waals surface area contributed by atoms with Gasteiger partial charge in [0.05, 0.1) is 10.6 Å². The Morgan fingerprint density at radius 1 is 0.968 bits per heavy atom. The van der Waals surface area contributed by atoms with E-state index in [9.17, 15) is 14.9 Å². The Hall–Kier alpha value is -3.87. The van der Waals surface area contributed by atoms with Crippen LogP contribution in [0.3, 0.4) is 0 Å². The number of para-hydroxylation sites is 2. The van der Waals surface area contributed by atoms with E-state index in [1.807, 2.05) is 42.5 Å². The Bertz CT molecular complexity index is 1120. The van der Waals surface area contributed by atoms with Crippen molar-refractivity contribution in [3.8, 4) is 0 Å². The summed E-state index contributed by atoms with van der Waals surface area (Å²) in [4.78, 5) is 26.3. The van der Waals surface area contributed by atoms with Gasteiger partial charge in [0, 0.05) is 24.2 Å². The standard InChI is InChI=1S/C24H22N4O3/c29-24-22-15-12-18-6-4-5-9-21(18)26(22)23(27(24)25-19-7-2-1-3-8-19)16-17-10-13-20(14-11-17)28(30)31/h1-11,13-14,22-23,25H,12,15-16H2/t22-,23?/m1/s1. The highest BCUT2D eigenvalue weighted by atomic mass is 16.6. The number of hydrazine groups is 1. The van der Waals surface area contributed by atoms with Crippen molar-refractivity contribution in [1.82, 2.24) is 5.01 Å². The highest BCUT2D eigenvalue weighted by molar-refractivity contribution is 5.91. The third kappa shape index (κ3) is 3.48. The fourth-order valence-corrected chi connectivity index (χ4v) is 4.55. The lowest BCUT2D eigenvalue weighted by atomic mass is 9.96. The van der Waals surface area contributed by atoms with Gasteiger partial charge in [-0.1, -0.05) is 48.5 Å². The molecular formula is C24H22N4O3. The predicted octanol–water partition coefficient (Wildman–Crippen LogP) is 4.15.